The molecule has 0 N–H and O–H groups in total. The van der Waals surface area contributed by atoms with Gasteiger partial charge in [0, 0.05) is 23.9 Å². The summed E-state index contributed by atoms with van der Waals surface area (Å²) in [5, 5.41) is 11.1. The minimum Gasteiger partial charge on any atom is -0.465 e. The number of benzene rings is 2. The normalized spacial score (nSPS) is 10.2. The fourth-order valence-electron chi connectivity index (χ4n) is 2.55. The van der Waals surface area contributed by atoms with E-state index in [0.29, 0.717) is 17.1 Å². The van der Waals surface area contributed by atoms with Crippen LogP contribution in [0.25, 0.3) is 0 Å². The molecule has 9 nitrogen and oxygen atoms in total. The molecule has 0 saturated carbocycles. The first-order valence-corrected chi connectivity index (χ1v) is 8.68. The molecule has 0 amide bonds. The highest BCUT2D eigenvalue weighted by Gasteiger charge is 2.19. The summed E-state index contributed by atoms with van der Waals surface area (Å²) in [5.74, 6) is -0.659. The second-order valence-electron chi connectivity index (χ2n) is 5.99. The van der Waals surface area contributed by atoms with E-state index >= 15 is 0 Å². The Balaban J connectivity index is 1.79. The number of aromatic nitrogens is 1. The van der Waals surface area contributed by atoms with Crippen LogP contribution in [0, 0.1) is 10.1 Å². The number of esters is 2. The second-order valence-corrected chi connectivity index (χ2v) is 5.99. The van der Waals surface area contributed by atoms with Crippen LogP contribution in [0.3, 0.4) is 0 Å². The van der Waals surface area contributed by atoms with Gasteiger partial charge in [0.2, 0.25) is 0 Å². The summed E-state index contributed by atoms with van der Waals surface area (Å²) in [5.41, 5.74) is -0.118. The van der Waals surface area contributed by atoms with Crippen molar-refractivity contribution in [3.63, 3.8) is 0 Å². The van der Waals surface area contributed by atoms with Gasteiger partial charge >= 0.3 is 11.9 Å². The molecule has 0 saturated heterocycles. The van der Waals surface area contributed by atoms with Gasteiger partial charge in [-0.3, -0.25) is 15.1 Å². The standard InChI is InChI=1S/C21H16N2O7/c1-28-20(24)15-9-16(11-17(10-15)23(26)27)21(25)29-13-14-5-2-3-7-19(14)30-18-6-4-8-22-12-18/h2-12H,13H2,1H3. The number of pyridine rings is 1. The van der Waals surface area contributed by atoms with Crippen molar-refractivity contribution in [2.75, 3.05) is 7.11 Å². The second kappa shape index (κ2) is 9.28. The Morgan fingerprint density at radius 3 is 2.43 bits per heavy atom. The van der Waals surface area contributed by atoms with Crippen molar-refractivity contribution >= 4 is 17.6 Å². The van der Waals surface area contributed by atoms with Crippen LogP contribution in [-0.4, -0.2) is 29.0 Å². The van der Waals surface area contributed by atoms with Crippen LogP contribution in [0.4, 0.5) is 5.69 Å². The van der Waals surface area contributed by atoms with Gasteiger partial charge in [-0.1, -0.05) is 18.2 Å². The van der Waals surface area contributed by atoms with Crippen LogP contribution in [0.2, 0.25) is 0 Å². The van der Waals surface area contributed by atoms with Crippen LogP contribution in [0.5, 0.6) is 11.5 Å². The largest absolute Gasteiger partial charge is 0.465 e. The lowest BCUT2D eigenvalue weighted by Crippen LogP contribution is -2.09. The molecule has 2 aromatic carbocycles. The molecule has 0 atom stereocenters. The van der Waals surface area contributed by atoms with Crippen LogP contribution < -0.4 is 4.74 Å². The summed E-state index contributed by atoms with van der Waals surface area (Å²) in [6.07, 6.45) is 3.16. The monoisotopic (exact) mass is 408 g/mol. The van der Waals surface area contributed by atoms with Gasteiger partial charge in [-0.15, -0.1) is 0 Å². The number of para-hydroxylation sites is 1. The fourth-order valence-corrected chi connectivity index (χ4v) is 2.55. The average molecular weight is 408 g/mol. The van der Waals surface area contributed by atoms with E-state index in [9.17, 15) is 19.7 Å². The quantitative estimate of drug-likeness (QED) is 0.328. The maximum Gasteiger partial charge on any atom is 0.338 e. The zero-order chi connectivity index (χ0) is 21.5. The van der Waals surface area contributed by atoms with Gasteiger partial charge in [-0.05, 0) is 24.3 Å². The molecule has 0 aliphatic rings. The number of methoxy groups -OCH3 is 1. The van der Waals surface area contributed by atoms with E-state index in [-0.39, 0.29) is 17.7 Å². The lowest BCUT2D eigenvalue weighted by Gasteiger charge is -2.11. The third kappa shape index (κ3) is 4.96. The molecule has 0 spiro atoms. The Morgan fingerprint density at radius 2 is 1.77 bits per heavy atom. The molecule has 3 aromatic rings. The molecule has 9 heteroatoms. The minimum atomic E-state index is -0.833. The van der Waals surface area contributed by atoms with Crippen molar-refractivity contribution in [2.45, 2.75) is 6.61 Å². The van der Waals surface area contributed by atoms with Gasteiger partial charge in [0.05, 0.1) is 29.4 Å². The molecule has 152 valence electrons. The van der Waals surface area contributed by atoms with Crippen LogP contribution >= 0.6 is 0 Å². The number of carbonyl (C=O) groups is 2. The smallest absolute Gasteiger partial charge is 0.338 e. The molecule has 30 heavy (non-hydrogen) atoms. The van der Waals surface area contributed by atoms with Crippen molar-refractivity contribution in [3.8, 4) is 11.5 Å². The Bertz CT molecular complexity index is 1080. The van der Waals surface area contributed by atoms with Gasteiger partial charge in [-0.25, -0.2) is 9.59 Å². The van der Waals surface area contributed by atoms with Gasteiger partial charge in [0.1, 0.15) is 18.1 Å². The van der Waals surface area contributed by atoms with Gasteiger partial charge < -0.3 is 14.2 Å². The van der Waals surface area contributed by atoms with Crippen LogP contribution in [0.1, 0.15) is 26.3 Å². The van der Waals surface area contributed by atoms with Crippen molar-refractivity contribution in [2.24, 2.45) is 0 Å². The first-order chi connectivity index (χ1) is 14.5. The lowest BCUT2D eigenvalue weighted by molar-refractivity contribution is -0.384. The van der Waals surface area contributed by atoms with Crippen molar-refractivity contribution in [1.82, 2.24) is 4.98 Å². The molecular weight excluding hydrogens is 392 g/mol. The third-order valence-corrected chi connectivity index (χ3v) is 3.98. The predicted molar refractivity (Wildman–Crippen MR) is 104 cm³/mol. The highest BCUT2D eigenvalue weighted by molar-refractivity contribution is 5.96. The SMILES string of the molecule is COC(=O)c1cc(C(=O)OCc2ccccc2Oc2cccnc2)cc([N+](=O)[O-])c1. The number of nitro groups is 1. The molecule has 1 aromatic heterocycles. The molecule has 0 fully saturated rings. The van der Waals surface area contributed by atoms with E-state index in [1.807, 2.05) is 0 Å². The maximum atomic E-state index is 12.5. The molecule has 0 radical (unpaired) electrons. The molecule has 0 bridgehead atoms. The Labute approximate surface area is 171 Å². The number of ether oxygens (including phenoxy) is 3. The van der Waals surface area contributed by atoms with Crippen molar-refractivity contribution < 1.29 is 28.7 Å². The van der Waals surface area contributed by atoms with Crippen LogP contribution in [0.15, 0.2) is 67.0 Å². The molecule has 0 unspecified atom stereocenters. The van der Waals surface area contributed by atoms with Gasteiger partial charge in [0.25, 0.3) is 5.69 Å². The third-order valence-electron chi connectivity index (χ3n) is 3.98. The Kier molecular flexibility index (Phi) is 6.33. The summed E-state index contributed by atoms with van der Waals surface area (Å²) in [6, 6.07) is 13.6. The highest BCUT2D eigenvalue weighted by Crippen LogP contribution is 2.26. The van der Waals surface area contributed by atoms with Crippen molar-refractivity contribution in [1.29, 1.82) is 0 Å². The molecule has 1 heterocycles. The van der Waals surface area contributed by atoms with Gasteiger partial charge in [-0.2, -0.15) is 0 Å². The maximum absolute atomic E-state index is 12.5. The number of hydrogen-bond donors (Lipinski definition) is 0. The van der Waals surface area contributed by atoms with E-state index in [1.165, 1.54) is 6.07 Å². The Morgan fingerprint density at radius 1 is 1.03 bits per heavy atom. The molecule has 0 aliphatic carbocycles. The summed E-state index contributed by atoms with van der Waals surface area (Å²) in [4.78, 5) is 38.6. The fraction of sp³-hybridized carbons (Fsp3) is 0.0952. The number of non-ortho nitro benzene ring substituents is 1. The van der Waals surface area contributed by atoms with E-state index in [2.05, 4.69) is 9.72 Å². The van der Waals surface area contributed by atoms with Crippen molar-refractivity contribution in [3.05, 3.63) is 93.8 Å². The lowest BCUT2D eigenvalue weighted by atomic mass is 10.1. The van der Waals surface area contributed by atoms with E-state index in [4.69, 9.17) is 9.47 Å². The number of hydrogen-bond acceptors (Lipinski definition) is 8. The number of rotatable bonds is 7. The van der Waals surface area contributed by atoms with E-state index in [0.717, 1.165) is 19.2 Å². The van der Waals surface area contributed by atoms with Gasteiger partial charge in [0.15, 0.2) is 0 Å². The first kappa shape index (κ1) is 20.5. The number of carbonyl (C=O) groups excluding carboxylic acids is 2. The number of nitro benzene ring substituents is 1. The van der Waals surface area contributed by atoms with E-state index in [1.54, 1.807) is 48.8 Å². The zero-order valence-corrected chi connectivity index (χ0v) is 15.8. The Hall–Kier alpha value is -4.27. The summed E-state index contributed by atoms with van der Waals surface area (Å²) in [6.45, 7) is -0.147. The molecule has 0 aliphatic heterocycles. The summed E-state index contributed by atoms with van der Waals surface area (Å²) < 4.78 is 15.6. The highest BCUT2D eigenvalue weighted by atomic mass is 16.6. The van der Waals surface area contributed by atoms with E-state index < -0.39 is 22.5 Å². The minimum absolute atomic E-state index is 0.126. The summed E-state index contributed by atoms with van der Waals surface area (Å²) >= 11 is 0. The zero-order valence-electron chi connectivity index (χ0n) is 15.8. The summed E-state index contributed by atoms with van der Waals surface area (Å²) in [7, 11) is 1.14. The molecule has 3 rings (SSSR count). The van der Waals surface area contributed by atoms with Crippen LogP contribution in [-0.2, 0) is 16.1 Å². The first-order valence-electron chi connectivity index (χ1n) is 8.68. The topological polar surface area (TPSA) is 118 Å². The predicted octanol–water partition coefficient (Wildman–Crippen LogP) is 3.93. The number of nitrogens with zero attached hydrogens (tertiary/aromatic N) is 2. The molecular formula is C21H16N2O7. The average Bonchev–Trinajstić information content (AvgIpc) is 2.78.